The van der Waals surface area contributed by atoms with Crippen molar-refractivity contribution < 1.29 is 9.90 Å². The number of nitrogens with one attached hydrogen (secondary N) is 2. The summed E-state index contributed by atoms with van der Waals surface area (Å²) in [6, 6.07) is 10.3. The fourth-order valence-corrected chi connectivity index (χ4v) is 4.22. The molecule has 0 bridgehead atoms. The van der Waals surface area contributed by atoms with Crippen molar-refractivity contribution in [2.75, 3.05) is 32.7 Å². The van der Waals surface area contributed by atoms with Gasteiger partial charge in [-0.3, -0.25) is 9.69 Å². The first-order chi connectivity index (χ1) is 15.3. The van der Waals surface area contributed by atoms with Gasteiger partial charge in [-0.25, -0.2) is 9.97 Å². The van der Waals surface area contributed by atoms with Gasteiger partial charge in [0.25, 0.3) is 5.91 Å². The van der Waals surface area contributed by atoms with Crippen LogP contribution in [-0.4, -0.2) is 64.7 Å². The zero-order valence-electron chi connectivity index (χ0n) is 19.4. The van der Waals surface area contributed by atoms with Crippen LogP contribution in [0, 0.1) is 5.92 Å². The lowest BCUT2D eigenvalue weighted by molar-refractivity contribution is 0.0837. The van der Waals surface area contributed by atoms with Gasteiger partial charge in [-0.05, 0) is 49.0 Å². The molecule has 7 heteroatoms. The van der Waals surface area contributed by atoms with Gasteiger partial charge in [-0.15, -0.1) is 0 Å². The normalized spacial score (nSPS) is 18.0. The maximum atomic E-state index is 12.9. The number of fused-ring (bicyclic) bond motifs is 1. The number of hydrogen-bond acceptors (Lipinski definition) is 6. The lowest BCUT2D eigenvalue weighted by Crippen LogP contribution is -2.43. The minimum atomic E-state index is -0.631. The van der Waals surface area contributed by atoms with Crippen LogP contribution < -0.4 is 10.6 Å². The Morgan fingerprint density at radius 1 is 1.25 bits per heavy atom. The van der Waals surface area contributed by atoms with Gasteiger partial charge >= 0.3 is 0 Å². The molecule has 4 rings (SSSR count). The van der Waals surface area contributed by atoms with E-state index in [4.69, 9.17) is 4.98 Å². The minimum absolute atomic E-state index is 0.202. The number of amides is 1. The summed E-state index contributed by atoms with van der Waals surface area (Å²) in [5.74, 6) is 0.985. The Morgan fingerprint density at radius 3 is 2.69 bits per heavy atom. The van der Waals surface area contributed by atoms with Crippen molar-refractivity contribution in [2.45, 2.75) is 51.7 Å². The average molecular weight is 438 g/mol. The van der Waals surface area contributed by atoms with Gasteiger partial charge in [0.1, 0.15) is 11.5 Å². The van der Waals surface area contributed by atoms with Crippen LogP contribution in [0.4, 0.5) is 0 Å². The molecule has 2 aromatic rings. The molecule has 2 aliphatic heterocycles. The van der Waals surface area contributed by atoms with E-state index in [1.54, 1.807) is 6.07 Å². The van der Waals surface area contributed by atoms with Gasteiger partial charge in [0.2, 0.25) is 0 Å². The van der Waals surface area contributed by atoms with E-state index in [9.17, 15) is 9.90 Å². The highest BCUT2D eigenvalue weighted by Crippen LogP contribution is 2.21. The van der Waals surface area contributed by atoms with E-state index < -0.39 is 6.10 Å². The number of carbonyl (C=O) groups is 1. The third-order valence-corrected chi connectivity index (χ3v) is 6.22. The Hall–Kier alpha value is -2.35. The summed E-state index contributed by atoms with van der Waals surface area (Å²) >= 11 is 0. The Balaban J connectivity index is 1.35. The Morgan fingerprint density at radius 2 is 2.00 bits per heavy atom. The molecular weight excluding hydrogens is 402 g/mol. The summed E-state index contributed by atoms with van der Waals surface area (Å²) in [6.45, 7) is 10.6. The van der Waals surface area contributed by atoms with Crippen molar-refractivity contribution >= 4 is 5.91 Å². The number of aliphatic hydroxyl groups excluding tert-OH is 1. The van der Waals surface area contributed by atoms with Crippen LogP contribution in [0.5, 0.6) is 0 Å². The first kappa shape index (κ1) is 22.8. The largest absolute Gasteiger partial charge is 0.390 e. The van der Waals surface area contributed by atoms with E-state index in [1.807, 2.05) is 0 Å². The molecule has 1 aromatic carbocycles. The van der Waals surface area contributed by atoms with Crippen LogP contribution in [0.15, 0.2) is 30.3 Å². The van der Waals surface area contributed by atoms with E-state index >= 15 is 0 Å². The molecule has 32 heavy (non-hydrogen) atoms. The number of hydrogen-bond donors (Lipinski definition) is 3. The number of β-amino-alcohol motifs (C(OH)–C–C–N with tert-alkyl or cyclic N) is 1. The topological polar surface area (TPSA) is 90.4 Å². The van der Waals surface area contributed by atoms with E-state index in [1.165, 1.54) is 11.1 Å². The van der Waals surface area contributed by atoms with Crippen LogP contribution >= 0.6 is 0 Å². The molecule has 1 fully saturated rings. The predicted molar refractivity (Wildman–Crippen MR) is 125 cm³/mol. The molecule has 0 spiro atoms. The lowest BCUT2D eigenvalue weighted by atomic mass is 9.93. The Bertz CT molecular complexity index is 952. The Kier molecular flexibility index (Phi) is 6.88. The van der Waals surface area contributed by atoms with Crippen LogP contribution in [0.2, 0.25) is 0 Å². The molecule has 1 atom stereocenters. The summed E-state index contributed by atoms with van der Waals surface area (Å²) in [6.07, 6.45) is 1.21. The standard InChI is InChI=1S/C25H35N5O2/c1-25(2,3)24-28-20(10-17-12-26-13-17)11-22(29-24)23(32)27-14-21(31)16-30-9-8-18-6-4-5-7-19(18)15-30/h4-7,11,17,21,26,31H,8-10,12-16H2,1-3H3,(H,27,32)/t21-/m0/s1. The second kappa shape index (κ2) is 9.65. The van der Waals surface area contributed by atoms with Crippen LogP contribution in [0.25, 0.3) is 0 Å². The first-order valence-electron chi connectivity index (χ1n) is 11.6. The lowest BCUT2D eigenvalue weighted by Gasteiger charge is -2.30. The SMILES string of the molecule is CC(C)(C)c1nc(CC2CNC2)cc(C(=O)NC[C@H](O)CN2CCc3ccccc3C2)n1. The van der Waals surface area contributed by atoms with Crippen molar-refractivity contribution in [3.05, 3.63) is 58.7 Å². The third-order valence-electron chi connectivity index (χ3n) is 6.22. The number of aromatic nitrogens is 2. The second-order valence-electron chi connectivity index (χ2n) is 10.2. The molecule has 0 unspecified atom stereocenters. The highest BCUT2D eigenvalue weighted by atomic mass is 16.3. The summed E-state index contributed by atoms with van der Waals surface area (Å²) < 4.78 is 0. The van der Waals surface area contributed by atoms with Crippen molar-refractivity contribution in [3.63, 3.8) is 0 Å². The van der Waals surface area contributed by atoms with Gasteiger partial charge in [-0.1, -0.05) is 45.0 Å². The smallest absolute Gasteiger partial charge is 0.270 e. The van der Waals surface area contributed by atoms with Crippen molar-refractivity contribution in [2.24, 2.45) is 5.92 Å². The molecule has 3 heterocycles. The highest BCUT2D eigenvalue weighted by molar-refractivity contribution is 5.92. The quantitative estimate of drug-likeness (QED) is 0.611. The second-order valence-corrected chi connectivity index (χ2v) is 10.2. The number of nitrogens with zero attached hydrogens (tertiary/aromatic N) is 3. The van der Waals surface area contributed by atoms with Crippen LogP contribution in [-0.2, 0) is 24.8 Å². The predicted octanol–water partition coefficient (Wildman–Crippen LogP) is 1.69. The molecule has 7 nitrogen and oxygen atoms in total. The average Bonchev–Trinajstić information content (AvgIpc) is 2.73. The molecule has 2 aliphatic rings. The zero-order chi connectivity index (χ0) is 22.7. The summed E-state index contributed by atoms with van der Waals surface area (Å²) in [5.41, 5.74) is 3.76. The minimum Gasteiger partial charge on any atom is -0.390 e. The van der Waals surface area contributed by atoms with E-state index in [-0.39, 0.29) is 17.9 Å². The molecule has 0 aliphatic carbocycles. The molecule has 0 saturated carbocycles. The monoisotopic (exact) mass is 437 g/mol. The van der Waals surface area contributed by atoms with E-state index in [2.05, 4.69) is 65.6 Å². The molecule has 172 valence electrons. The van der Waals surface area contributed by atoms with E-state index in [0.717, 1.165) is 44.7 Å². The maximum absolute atomic E-state index is 12.9. The number of aliphatic hydroxyl groups is 1. The van der Waals surface area contributed by atoms with Gasteiger partial charge in [-0.2, -0.15) is 0 Å². The molecule has 1 amide bonds. The molecule has 3 N–H and O–H groups in total. The van der Waals surface area contributed by atoms with Crippen LogP contribution in [0.1, 0.15) is 53.9 Å². The summed E-state index contributed by atoms with van der Waals surface area (Å²) in [5, 5.41) is 16.7. The molecule has 0 radical (unpaired) electrons. The number of benzene rings is 1. The summed E-state index contributed by atoms with van der Waals surface area (Å²) in [7, 11) is 0. The van der Waals surface area contributed by atoms with Gasteiger partial charge < -0.3 is 15.7 Å². The molecule has 1 aromatic heterocycles. The van der Waals surface area contributed by atoms with Gasteiger partial charge in [0, 0.05) is 37.3 Å². The maximum Gasteiger partial charge on any atom is 0.270 e. The van der Waals surface area contributed by atoms with Gasteiger partial charge in [0.15, 0.2) is 0 Å². The number of carbonyl (C=O) groups excluding carboxylic acids is 1. The molecule has 1 saturated heterocycles. The van der Waals surface area contributed by atoms with Crippen molar-refractivity contribution in [3.8, 4) is 0 Å². The summed E-state index contributed by atoms with van der Waals surface area (Å²) in [4.78, 5) is 24.4. The third kappa shape index (κ3) is 5.71. The van der Waals surface area contributed by atoms with Crippen molar-refractivity contribution in [1.29, 1.82) is 0 Å². The van der Waals surface area contributed by atoms with Crippen molar-refractivity contribution in [1.82, 2.24) is 25.5 Å². The van der Waals surface area contributed by atoms with Crippen LogP contribution in [0.3, 0.4) is 0 Å². The zero-order valence-corrected chi connectivity index (χ0v) is 19.4. The fourth-order valence-electron chi connectivity index (χ4n) is 4.22. The molecular formula is C25H35N5O2. The van der Waals surface area contributed by atoms with Gasteiger partial charge in [0.05, 0.1) is 6.10 Å². The van der Waals surface area contributed by atoms with E-state index in [0.29, 0.717) is 24.0 Å². The fraction of sp³-hybridized carbons (Fsp3) is 0.560. The first-order valence-corrected chi connectivity index (χ1v) is 11.6. The Labute approximate surface area is 190 Å². The highest BCUT2D eigenvalue weighted by Gasteiger charge is 2.24. The number of rotatable bonds is 7.